The first kappa shape index (κ1) is 25.3. The summed E-state index contributed by atoms with van der Waals surface area (Å²) in [6, 6.07) is 7.86. The molecular formula is C28H35ClN4O2S. The number of thiophene rings is 1. The minimum Gasteiger partial charge on any atom is -0.340 e. The number of aromatic nitrogens is 1. The number of aryl methyl sites for hydroxylation is 3. The van der Waals surface area contributed by atoms with Crippen LogP contribution in [0.3, 0.4) is 0 Å². The lowest BCUT2D eigenvalue weighted by atomic mass is 9.94. The summed E-state index contributed by atoms with van der Waals surface area (Å²) in [4.78, 5) is 34.6. The SMILES string of the molecule is Cc1sc2c(C)c(C(=O)N3CCC(C(=O)N4CCN(C)CC4)CC3)n(Cc3ccc(Cl)cc3)c2c1C. The molecule has 8 heteroatoms. The Balaban J connectivity index is 1.37. The van der Waals surface area contributed by atoms with Crippen molar-refractivity contribution >= 4 is 45.0 Å². The lowest BCUT2D eigenvalue weighted by Gasteiger charge is -2.37. The smallest absolute Gasteiger partial charge is 0.270 e. The normalized spacial score (nSPS) is 17.8. The molecule has 0 spiro atoms. The predicted molar refractivity (Wildman–Crippen MR) is 147 cm³/mol. The molecule has 0 aliphatic carbocycles. The Labute approximate surface area is 222 Å². The quantitative estimate of drug-likeness (QED) is 0.483. The van der Waals surface area contributed by atoms with E-state index in [1.807, 2.05) is 34.1 Å². The monoisotopic (exact) mass is 526 g/mol. The second-order valence-corrected chi connectivity index (χ2v) is 12.0. The Morgan fingerprint density at radius 1 is 0.917 bits per heavy atom. The average Bonchev–Trinajstić information content (AvgIpc) is 3.32. The number of piperidine rings is 1. The van der Waals surface area contributed by atoms with Gasteiger partial charge in [-0.2, -0.15) is 0 Å². The summed E-state index contributed by atoms with van der Waals surface area (Å²) in [6.45, 7) is 11.7. The summed E-state index contributed by atoms with van der Waals surface area (Å²) in [5, 5.41) is 0.709. The molecule has 2 fully saturated rings. The number of piperazine rings is 1. The van der Waals surface area contributed by atoms with Crippen molar-refractivity contribution in [2.24, 2.45) is 5.92 Å². The number of hydrogen-bond acceptors (Lipinski definition) is 4. The number of fused-ring (bicyclic) bond motifs is 1. The number of hydrogen-bond donors (Lipinski definition) is 0. The molecule has 0 atom stereocenters. The fourth-order valence-corrected chi connectivity index (χ4v) is 6.88. The third-order valence-electron chi connectivity index (χ3n) is 7.99. The highest BCUT2D eigenvalue weighted by atomic mass is 35.5. The third-order valence-corrected chi connectivity index (χ3v) is 9.56. The lowest BCUT2D eigenvalue weighted by molar-refractivity contribution is -0.138. The topological polar surface area (TPSA) is 48.8 Å². The number of likely N-dealkylation sites (N-methyl/N-ethyl adjacent to an activating group) is 1. The van der Waals surface area contributed by atoms with Crippen molar-refractivity contribution in [1.82, 2.24) is 19.3 Å². The zero-order valence-electron chi connectivity index (χ0n) is 21.6. The summed E-state index contributed by atoms with van der Waals surface area (Å²) in [5.41, 5.74) is 5.35. The van der Waals surface area contributed by atoms with Gasteiger partial charge in [0, 0.05) is 61.6 Å². The van der Waals surface area contributed by atoms with Crippen LogP contribution in [0.1, 0.15) is 44.9 Å². The minimum atomic E-state index is 0.0211. The highest BCUT2D eigenvalue weighted by molar-refractivity contribution is 7.19. The standard InChI is InChI=1S/C28H35ClN4O2S/c1-18-20(3)36-26-19(2)25(33(24(18)26)17-21-5-7-23(29)8-6-21)28(35)31-11-9-22(10-12-31)27(34)32-15-13-30(4)14-16-32/h5-8,22H,9-17H2,1-4H3. The van der Waals surface area contributed by atoms with Crippen LogP contribution in [0.4, 0.5) is 0 Å². The lowest BCUT2D eigenvalue weighted by Crippen LogP contribution is -2.51. The van der Waals surface area contributed by atoms with E-state index in [2.05, 4.69) is 37.3 Å². The number of nitrogens with zero attached hydrogens (tertiary/aromatic N) is 4. The van der Waals surface area contributed by atoms with Crippen LogP contribution in [0.5, 0.6) is 0 Å². The molecule has 0 saturated carbocycles. The molecule has 3 aromatic rings. The zero-order chi connectivity index (χ0) is 25.6. The maximum atomic E-state index is 14.0. The van der Waals surface area contributed by atoms with Gasteiger partial charge in [0.2, 0.25) is 5.91 Å². The molecule has 192 valence electrons. The van der Waals surface area contributed by atoms with E-state index in [9.17, 15) is 9.59 Å². The Kier molecular flexibility index (Phi) is 7.16. The van der Waals surface area contributed by atoms with Crippen LogP contribution < -0.4 is 0 Å². The van der Waals surface area contributed by atoms with Crippen molar-refractivity contribution in [3.05, 3.63) is 56.5 Å². The van der Waals surface area contributed by atoms with Gasteiger partial charge in [0.25, 0.3) is 5.91 Å². The van der Waals surface area contributed by atoms with E-state index in [1.54, 1.807) is 11.3 Å². The molecule has 6 nitrogen and oxygen atoms in total. The van der Waals surface area contributed by atoms with Gasteiger partial charge in [-0.1, -0.05) is 23.7 Å². The maximum absolute atomic E-state index is 14.0. The molecule has 2 saturated heterocycles. The van der Waals surface area contributed by atoms with E-state index in [-0.39, 0.29) is 17.7 Å². The Morgan fingerprint density at radius 2 is 1.56 bits per heavy atom. The van der Waals surface area contributed by atoms with Crippen molar-refractivity contribution in [2.45, 2.75) is 40.2 Å². The number of likely N-dealkylation sites (tertiary alicyclic amines) is 1. The predicted octanol–water partition coefficient (Wildman–Crippen LogP) is 4.96. The van der Waals surface area contributed by atoms with Crippen molar-refractivity contribution in [3.8, 4) is 0 Å². The molecule has 0 bridgehead atoms. The van der Waals surface area contributed by atoms with Crippen LogP contribution in [-0.2, 0) is 11.3 Å². The first-order valence-corrected chi connectivity index (χ1v) is 14.0. The molecule has 0 radical (unpaired) electrons. The van der Waals surface area contributed by atoms with E-state index in [1.165, 1.54) is 15.1 Å². The van der Waals surface area contributed by atoms with Gasteiger partial charge in [0.1, 0.15) is 5.69 Å². The second-order valence-electron chi connectivity index (χ2n) is 10.3. The van der Waals surface area contributed by atoms with Crippen molar-refractivity contribution in [2.75, 3.05) is 46.3 Å². The van der Waals surface area contributed by atoms with Gasteiger partial charge in [-0.3, -0.25) is 9.59 Å². The Bertz CT molecular complexity index is 1280. The van der Waals surface area contributed by atoms with Crippen LogP contribution in [0.25, 0.3) is 10.2 Å². The van der Waals surface area contributed by atoms with Gasteiger partial charge in [0.05, 0.1) is 10.2 Å². The number of carbonyl (C=O) groups is 2. The van der Waals surface area contributed by atoms with Crippen LogP contribution >= 0.6 is 22.9 Å². The second kappa shape index (κ2) is 10.2. The van der Waals surface area contributed by atoms with Crippen molar-refractivity contribution in [3.63, 3.8) is 0 Å². The molecule has 2 amide bonds. The number of carbonyl (C=O) groups excluding carboxylic acids is 2. The molecular weight excluding hydrogens is 492 g/mol. The highest BCUT2D eigenvalue weighted by Gasteiger charge is 2.34. The van der Waals surface area contributed by atoms with Crippen molar-refractivity contribution < 1.29 is 9.59 Å². The number of halogens is 1. The summed E-state index contributed by atoms with van der Waals surface area (Å²) in [6.07, 6.45) is 1.47. The van der Waals surface area contributed by atoms with Gasteiger partial charge in [0.15, 0.2) is 0 Å². The summed E-state index contributed by atoms with van der Waals surface area (Å²) in [7, 11) is 2.10. The molecule has 0 unspecified atom stereocenters. The molecule has 2 aromatic heterocycles. The summed E-state index contributed by atoms with van der Waals surface area (Å²) >= 11 is 7.89. The Morgan fingerprint density at radius 3 is 2.19 bits per heavy atom. The van der Waals surface area contributed by atoms with Gasteiger partial charge in [-0.05, 0) is 69.5 Å². The largest absolute Gasteiger partial charge is 0.340 e. The van der Waals surface area contributed by atoms with Crippen molar-refractivity contribution in [1.29, 1.82) is 0 Å². The minimum absolute atomic E-state index is 0.0211. The van der Waals surface area contributed by atoms with Crippen LogP contribution in [0.15, 0.2) is 24.3 Å². The molecule has 0 N–H and O–H groups in total. The number of amides is 2. The van der Waals surface area contributed by atoms with Gasteiger partial charge in [-0.15, -0.1) is 11.3 Å². The zero-order valence-corrected chi connectivity index (χ0v) is 23.2. The highest BCUT2D eigenvalue weighted by Crippen LogP contribution is 2.38. The molecule has 5 rings (SSSR count). The van der Waals surface area contributed by atoms with Gasteiger partial charge >= 0.3 is 0 Å². The summed E-state index contributed by atoms with van der Waals surface area (Å²) in [5.74, 6) is 0.365. The number of rotatable bonds is 4. The average molecular weight is 527 g/mol. The van der Waals surface area contributed by atoms with Crippen LogP contribution in [0, 0.1) is 26.7 Å². The molecule has 36 heavy (non-hydrogen) atoms. The van der Waals surface area contributed by atoms with Gasteiger partial charge in [-0.25, -0.2) is 0 Å². The molecule has 4 heterocycles. The maximum Gasteiger partial charge on any atom is 0.270 e. The third kappa shape index (κ3) is 4.69. The first-order chi connectivity index (χ1) is 17.2. The fraction of sp³-hybridized carbons (Fsp3) is 0.500. The number of benzene rings is 1. The fourth-order valence-electron chi connectivity index (χ4n) is 5.59. The van der Waals surface area contributed by atoms with E-state index < -0.39 is 0 Å². The van der Waals surface area contributed by atoms with E-state index >= 15 is 0 Å². The van der Waals surface area contributed by atoms with Crippen LogP contribution in [-0.4, -0.2) is 77.4 Å². The molecule has 2 aliphatic heterocycles. The Hall–Kier alpha value is -2.35. The van der Waals surface area contributed by atoms with E-state index in [0.717, 1.165) is 61.4 Å². The molecule has 1 aromatic carbocycles. The first-order valence-electron chi connectivity index (χ1n) is 12.8. The molecule has 2 aliphatic rings. The summed E-state index contributed by atoms with van der Waals surface area (Å²) < 4.78 is 3.40. The van der Waals surface area contributed by atoms with E-state index in [4.69, 9.17) is 11.6 Å². The van der Waals surface area contributed by atoms with E-state index in [0.29, 0.717) is 24.7 Å². The van der Waals surface area contributed by atoms with Gasteiger partial charge < -0.3 is 19.3 Å². The van der Waals surface area contributed by atoms with Crippen LogP contribution in [0.2, 0.25) is 5.02 Å².